The topological polar surface area (TPSA) is 87.3 Å². The Bertz CT molecular complexity index is 1080. The Morgan fingerprint density at radius 2 is 1.82 bits per heavy atom. The second kappa shape index (κ2) is 8.57. The van der Waals surface area contributed by atoms with E-state index in [1.54, 1.807) is 30.3 Å². The molecule has 1 aliphatic carbocycles. The number of alkyl halides is 2. The van der Waals surface area contributed by atoms with Crippen LogP contribution in [0.2, 0.25) is 24.7 Å². The minimum Gasteiger partial charge on any atom is -0.325 e. The highest BCUT2D eigenvalue weighted by Gasteiger charge is 2.54. The fourth-order valence-corrected chi connectivity index (χ4v) is 7.80. The first-order valence-corrected chi connectivity index (χ1v) is 15.1. The molecule has 2 amide bonds. The number of rotatable bonds is 7. The molecule has 1 aromatic heterocycles. The van der Waals surface area contributed by atoms with Crippen molar-refractivity contribution in [2.45, 2.75) is 82.6 Å². The normalized spacial score (nSPS) is 19.5. The Morgan fingerprint density at radius 3 is 2.35 bits per heavy atom. The fourth-order valence-electron chi connectivity index (χ4n) is 5.20. The van der Waals surface area contributed by atoms with Gasteiger partial charge in [-0.1, -0.05) is 56.4 Å². The molecule has 2 aromatic rings. The number of aromatic nitrogens is 2. The first-order valence-electron chi connectivity index (χ1n) is 11.6. The molecular weight excluding hydrogens is 458 g/mol. The predicted molar refractivity (Wildman–Crippen MR) is 127 cm³/mol. The third-order valence-corrected chi connectivity index (χ3v) is 11.2. The lowest BCUT2D eigenvalue weighted by molar-refractivity contribution is -0.187. The van der Waals surface area contributed by atoms with Crippen molar-refractivity contribution in [1.29, 1.82) is 0 Å². The number of carbonyl (C=O) groups excluding carboxylic acids is 2. The van der Waals surface area contributed by atoms with Crippen LogP contribution < -0.4 is 5.32 Å². The summed E-state index contributed by atoms with van der Waals surface area (Å²) in [5.74, 6) is -0.187. The minimum absolute atomic E-state index is 0.0157. The van der Waals surface area contributed by atoms with Crippen molar-refractivity contribution in [3.05, 3.63) is 47.2 Å². The van der Waals surface area contributed by atoms with Crippen molar-refractivity contribution in [3.63, 3.8) is 0 Å². The van der Waals surface area contributed by atoms with Gasteiger partial charge in [0.15, 0.2) is 11.9 Å². The van der Waals surface area contributed by atoms with E-state index in [9.17, 15) is 18.4 Å². The van der Waals surface area contributed by atoms with Gasteiger partial charge in [-0.15, -0.1) is 0 Å². The number of carbonyl (C=O) groups is 2. The summed E-state index contributed by atoms with van der Waals surface area (Å²) in [5.41, 5.74) is 0.873. The summed E-state index contributed by atoms with van der Waals surface area (Å²) in [6, 6.07) is 8.28. The van der Waals surface area contributed by atoms with Crippen LogP contribution in [-0.4, -0.2) is 41.6 Å². The van der Waals surface area contributed by atoms with E-state index >= 15 is 0 Å². The predicted octanol–water partition coefficient (Wildman–Crippen LogP) is 5.17. The standard InChI is InChI=1S/C24H32F2N4O3Si/c1-23(2)18-16(19(29-28-18)27-21(32)24(12-9-13-24)34(3,4)5)14-30(23)20(31)17(33-22(25)26)15-10-7-6-8-11-15/h6-8,10-11,17,22H,9,12-14H2,1-5H3,(H2,27,28,29,32)/t17-/m1/s1. The molecule has 184 valence electrons. The summed E-state index contributed by atoms with van der Waals surface area (Å²) < 4.78 is 31.2. The van der Waals surface area contributed by atoms with Gasteiger partial charge in [-0.3, -0.25) is 14.7 Å². The molecule has 1 saturated carbocycles. The molecule has 2 heterocycles. The van der Waals surface area contributed by atoms with Crippen molar-refractivity contribution >= 4 is 25.7 Å². The Morgan fingerprint density at radius 1 is 1.18 bits per heavy atom. The molecule has 1 atom stereocenters. The van der Waals surface area contributed by atoms with E-state index in [0.29, 0.717) is 22.6 Å². The Hall–Kier alpha value is -2.59. The van der Waals surface area contributed by atoms with E-state index < -0.39 is 32.2 Å². The summed E-state index contributed by atoms with van der Waals surface area (Å²) >= 11 is 0. The quantitative estimate of drug-likeness (QED) is 0.524. The highest BCUT2D eigenvalue weighted by Crippen LogP contribution is 2.56. The molecule has 1 aromatic carbocycles. The lowest BCUT2D eigenvalue weighted by Crippen LogP contribution is -2.52. The molecule has 2 N–H and O–H groups in total. The Kier molecular flexibility index (Phi) is 6.18. The number of benzene rings is 1. The molecule has 0 bridgehead atoms. The smallest absolute Gasteiger partial charge is 0.325 e. The molecule has 34 heavy (non-hydrogen) atoms. The third-order valence-electron chi connectivity index (χ3n) is 7.61. The number of nitrogens with zero attached hydrogens (tertiary/aromatic N) is 2. The molecule has 7 nitrogen and oxygen atoms in total. The van der Waals surface area contributed by atoms with Crippen LogP contribution in [0.1, 0.15) is 56.0 Å². The first kappa shape index (κ1) is 24.5. The van der Waals surface area contributed by atoms with Crippen molar-refractivity contribution in [2.75, 3.05) is 5.32 Å². The van der Waals surface area contributed by atoms with Crippen LogP contribution >= 0.6 is 0 Å². The number of fused-ring (bicyclic) bond motifs is 1. The van der Waals surface area contributed by atoms with E-state index in [-0.39, 0.29) is 17.5 Å². The summed E-state index contributed by atoms with van der Waals surface area (Å²) in [6.07, 6.45) is 1.35. The molecule has 0 unspecified atom stereocenters. The van der Waals surface area contributed by atoms with Crippen LogP contribution in [0, 0.1) is 0 Å². The molecule has 2 aliphatic rings. The Balaban J connectivity index is 1.60. The number of nitrogens with one attached hydrogen (secondary N) is 2. The van der Waals surface area contributed by atoms with Gasteiger partial charge in [-0.05, 0) is 32.3 Å². The monoisotopic (exact) mass is 490 g/mol. The van der Waals surface area contributed by atoms with Gasteiger partial charge in [0.05, 0.1) is 25.9 Å². The average Bonchev–Trinajstić information content (AvgIpc) is 3.22. The van der Waals surface area contributed by atoms with Crippen LogP contribution in [0.5, 0.6) is 0 Å². The largest absolute Gasteiger partial charge is 0.346 e. The van der Waals surface area contributed by atoms with Crippen molar-refractivity contribution in [1.82, 2.24) is 15.1 Å². The van der Waals surface area contributed by atoms with Crippen molar-refractivity contribution in [3.8, 4) is 0 Å². The molecular formula is C24H32F2N4O3Si. The first-order chi connectivity index (χ1) is 15.9. The zero-order valence-electron chi connectivity index (χ0n) is 20.2. The minimum atomic E-state index is -3.10. The Labute approximate surface area is 199 Å². The number of hydrogen-bond donors (Lipinski definition) is 2. The lowest BCUT2D eigenvalue weighted by atomic mass is 9.83. The SMILES string of the molecule is CC1(C)c2[nH]nc(NC(=O)C3([Si](C)(C)C)CCC3)c2CN1C(=O)[C@H](OC(F)F)c1ccccc1. The number of ether oxygens (including phenoxy) is 1. The van der Waals surface area contributed by atoms with Crippen LogP contribution in [0.4, 0.5) is 14.6 Å². The summed E-state index contributed by atoms with van der Waals surface area (Å²) in [5, 5.41) is 10.0. The maximum atomic E-state index is 13.5. The van der Waals surface area contributed by atoms with Gasteiger partial charge in [0.1, 0.15) is 0 Å². The number of H-pyrrole nitrogens is 1. The number of amides is 2. The van der Waals surface area contributed by atoms with E-state index in [1.165, 1.54) is 4.90 Å². The zero-order chi connectivity index (χ0) is 24.9. The van der Waals surface area contributed by atoms with Crippen LogP contribution in [0.25, 0.3) is 0 Å². The number of aromatic amines is 1. The van der Waals surface area contributed by atoms with Gasteiger partial charge in [0, 0.05) is 10.6 Å². The number of hydrogen-bond acceptors (Lipinski definition) is 4. The van der Waals surface area contributed by atoms with Crippen molar-refractivity contribution in [2.24, 2.45) is 0 Å². The highest BCUT2D eigenvalue weighted by atomic mass is 28.3. The van der Waals surface area contributed by atoms with E-state index in [2.05, 4.69) is 35.2 Å². The molecule has 1 fully saturated rings. The molecule has 0 saturated heterocycles. The molecule has 10 heteroatoms. The number of anilines is 1. The molecule has 0 spiro atoms. The van der Waals surface area contributed by atoms with Gasteiger partial charge in [0.25, 0.3) is 5.91 Å². The van der Waals surface area contributed by atoms with Crippen molar-refractivity contribution < 1.29 is 23.1 Å². The van der Waals surface area contributed by atoms with Gasteiger partial charge < -0.3 is 15.0 Å². The van der Waals surface area contributed by atoms with Crippen LogP contribution in [0.15, 0.2) is 30.3 Å². The van der Waals surface area contributed by atoms with E-state index in [4.69, 9.17) is 4.74 Å². The fraction of sp³-hybridized carbons (Fsp3) is 0.542. The van der Waals surface area contributed by atoms with Gasteiger partial charge >= 0.3 is 6.61 Å². The second-order valence-corrected chi connectivity index (χ2v) is 16.2. The summed E-state index contributed by atoms with van der Waals surface area (Å²) in [4.78, 5) is 28.3. The molecule has 0 radical (unpaired) electrons. The van der Waals surface area contributed by atoms with Gasteiger partial charge in [-0.2, -0.15) is 13.9 Å². The zero-order valence-corrected chi connectivity index (χ0v) is 21.2. The van der Waals surface area contributed by atoms with Gasteiger partial charge in [0.2, 0.25) is 5.91 Å². The number of halogens is 2. The third kappa shape index (κ3) is 3.96. The summed E-state index contributed by atoms with van der Waals surface area (Å²) in [7, 11) is -1.78. The van der Waals surface area contributed by atoms with E-state index in [1.807, 2.05) is 13.8 Å². The van der Waals surface area contributed by atoms with Crippen LogP contribution in [0.3, 0.4) is 0 Å². The maximum absolute atomic E-state index is 13.5. The molecule has 4 rings (SSSR count). The maximum Gasteiger partial charge on any atom is 0.346 e. The highest BCUT2D eigenvalue weighted by molar-refractivity contribution is 6.83. The second-order valence-electron chi connectivity index (χ2n) is 10.7. The van der Waals surface area contributed by atoms with Crippen LogP contribution in [-0.2, 0) is 26.4 Å². The molecule has 1 aliphatic heterocycles. The average molecular weight is 491 g/mol. The lowest BCUT2D eigenvalue weighted by Gasteiger charge is -2.48. The van der Waals surface area contributed by atoms with Gasteiger partial charge in [-0.25, -0.2) is 0 Å². The van der Waals surface area contributed by atoms with E-state index in [0.717, 1.165) is 19.3 Å². The summed E-state index contributed by atoms with van der Waals surface area (Å²) in [6.45, 7) is 7.28.